The molecule has 4 heteroatoms. The highest BCUT2D eigenvalue weighted by Gasteiger charge is 2.20. The molecule has 2 heterocycles. The summed E-state index contributed by atoms with van der Waals surface area (Å²) in [5, 5.41) is 0. The minimum absolute atomic E-state index is 0.234. The Bertz CT molecular complexity index is 324. The van der Waals surface area contributed by atoms with Gasteiger partial charge in [0.15, 0.2) is 5.82 Å². The van der Waals surface area contributed by atoms with Crippen molar-refractivity contribution in [2.75, 3.05) is 23.9 Å². The van der Waals surface area contributed by atoms with E-state index in [0.717, 1.165) is 25.9 Å². The van der Waals surface area contributed by atoms with E-state index < -0.39 is 0 Å². The third-order valence-corrected chi connectivity index (χ3v) is 3.36. The van der Waals surface area contributed by atoms with E-state index in [4.69, 9.17) is 11.6 Å². The van der Waals surface area contributed by atoms with Gasteiger partial charge in [-0.25, -0.2) is 4.39 Å². The van der Waals surface area contributed by atoms with Gasteiger partial charge in [0.1, 0.15) is 0 Å². The Labute approximate surface area is 94.1 Å². The molecule has 0 atom stereocenters. The van der Waals surface area contributed by atoms with Crippen LogP contribution in [0.4, 0.5) is 10.1 Å². The van der Waals surface area contributed by atoms with Crippen LogP contribution in [0.2, 0.25) is 0 Å². The average Bonchev–Trinajstić information content (AvgIpc) is 2.30. The molecule has 0 radical (unpaired) electrons. The first-order chi connectivity index (χ1) is 7.31. The summed E-state index contributed by atoms with van der Waals surface area (Å²) >= 11 is 5.80. The van der Waals surface area contributed by atoms with E-state index in [1.165, 1.54) is 6.20 Å². The minimum Gasteiger partial charge on any atom is -0.369 e. The summed E-state index contributed by atoms with van der Waals surface area (Å²) in [7, 11) is 0. The van der Waals surface area contributed by atoms with Gasteiger partial charge >= 0.3 is 0 Å². The van der Waals surface area contributed by atoms with E-state index in [0.29, 0.717) is 17.5 Å². The van der Waals surface area contributed by atoms with E-state index in [2.05, 4.69) is 9.88 Å². The zero-order chi connectivity index (χ0) is 10.7. The first-order valence-electron chi connectivity index (χ1n) is 5.21. The maximum absolute atomic E-state index is 13.4. The van der Waals surface area contributed by atoms with Crippen molar-refractivity contribution < 1.29 is 4.39 Å². The molecule has 0 amide bonds. The fourth-order valence-electron chi connectivity index (χ4n) is 1.95. The molecule has 0 bridgehead atoms. The summed E-state index contributed by atoms with van der Waals surface area (Å²) in [5.41, 5.74) is 0.665. The number of aromatic nitrogens is 1. The van der Waals surface area contributed by atoms with Gasteiger partial charge in [-0.3, -0.25) is 4.98 Å². The first kappa shape index (κ1) is 10.7. The summed E-state index contributed by atoms with van der Waals surface area (Å²) in [4.78, 5) is 5.82. The molecule has 15 heavy (non-hydrogen) atoms. The van der Waals surface area contributed by atoms with Gasteiger partial charge in [-0.2, -0.15) is 0 Å². The Kier molecular flexibility index (Phi) is 3.41. The Morgan fingerprint density at radius 1 is 1.47 bits per heavy atom. The molecule has 0 unspecified atom stereocenters. The number of nitrogens with zero attached hydrogens (tertiary/aromatic N) is 2. The predicted molar refractivity (Wildman–Crippen MR) is 59.9 cm³/mol. The summed E-state index contributed by atoms with van der Waals surface area (Å²) in [6.07, 6.45) is 4.99. The van der Waals surface area contributed by atoms with Crippen LogP contribution in [-0.2, 0) is 0 Å². The Hall–Kier alpha value is -0.830. The van der Waals surface area contributed by atoms with Crippen molar-refractivity contribution in [3.05, 3.63) is 24.3 Å². The summed E-state index contributed by atoms with van der Waals surface area (Å²) in [5.74, 6) is 1.07. The Morgan fingerprint density at radius 2 is 2.20 bits per heavy atom. The number of hydrogen-bond donors (Lipinski definition) is 0. The van der Waals surface area contributed by atoms with Crippen LogP contribution < -0.4 is 4.90 Å². The van der Waals surface area contributed by atoms with Crippen molar-refractivity contribution >= 4 is 17.3 Å². The lowest BCUT2D eigenvalue weighted by Crippen LogP contribution is -2.34. The molecule has 0 N–H and O–H groups in total. The smallest absolute Gasteiger partial charge is 0.164 e. The summed E-state index contributed by atoms with van der Waals surface area (Å²) in [6.45, 7) is 1.77. The molecule has 1 fully saturated rings. The van der Waals surface area contributed by atoms with Crippen molar-refractivity contribution in [2.24, 2.45) is 5.92 Å². The number of hydrogen-bond acceptors (Lipinski definition) is 2. The Morgan fingerprint density at radius 3 is 2.80 bits per heavy atom. The third-order valence-electron chi connectivity index (χ3n) is 2.92. The second-order valence-electron chi connectivity index (χ2n) is 3.91. The van der Waals surface area contributed by atoms with Crippen molar-refractivity contribution in [3.8, 4) is 0 Å². The van der Waals surface area contributed by atoms with Gasteiger partial charge in [0.2, 0.25) is 0 Å². The highest BCUT2D eigenvalue weighted by atomic mass is 35.5. The van der Waals surface area contributed by atoms with Gasteiger partial charge in [0.05, 0.1) is 11.9 Å². The standard InChI is InChI=1S/C11H14ClFN2/c12-7-9-2-5-15(6-3-9)11-1-4-14-8-10(11)13/h1,4,8-9H,2-3,5-7H2. The molecule has 0 saturated carbocycles. The number of halogens is 2. The Balaban J connectivity index is 2.04. The van der Waals surface area contributed by atoms with Crippen LogP contribution in [0.25, 0.3) is 0 Å². The highest BCUT2D eigenvalue weighted by Crippen LogP contribution is 2.25. The van der Waals surface area contributed by atoms with Gasteiger partial charge in [0.25, 0.3) is 0 Å². The van der Waals surface area contributed by atoms with Crippen LogP contribution in [0.1, 0.15) is 12.8 Å². The van der Waals surface area contributed by atoms with Crippen molar-refractivity contribution in [3.63, 3.8) is 0 Å². The summed E-state index contributed by atoms with van der Waals surface area (Å²) in [6, 6.07) is 1.73. The first-order valence-corrected chi connectivity index (χ1v) is 5.75. The molecule has 2 rings (SSSR count). The third kappa shape index (κ3) is 2.40. The van der Waals surface area contributed by atoms with Gasteiger partial charge in [0, 0.05) is 25.2 Å². The van der Waals surface area contributed by atoms with Crippen LogP contribution >= 0.6 is 11.6 Å². The minimum atomic E-state index is -0.234. The van der Waals surface area contributed by atoms with Crippen LogP contribution in [0.15, 0.2) is 18.5 Å². The number of pyridine rings is 1. The molecule has 1 saturated heterocycles. The molecule has 1 aromatic heterocycles. The topological polar surface area (TPSA) is 16.1 Å². The number of piperidine rings is 1. The van der Waals surface area contributed by atoms with E-state index in [1.807, 2.05) is 0 Å². The SMILES string of the molecule is Fc1cnccc1N1CCC(CCl)CC1. The molecule has 82 valence electrons. The summed E-state index contributed by atoms with van der Waals surface area (Å²) < 4.78 is 13.4. The van der Waals surface area contributed by atoms with Gasteiger partial charge in [-0.15, -0.1) is 11.6 Å². The largest absolute Gasteiger partial charge is 0.369 e. The molecule has 1 aliphatic heterocycles. The number of alkyl halides is 1. The van der Waals surface area contributed by atoms with Crippen molar-refractivity contribution in [1.82, 2.24) is 4.98 Å². The number of rotatable bonds is 2. The maximum Gasteiger partial charge on any atom is 0.164 e. The highest BCUT2D eigenvalue weighted by molar-refractivity contribution is 6.18. The van der Waals surface area contributed by atoms with E-state index in [-0.39, 0.29) is 5.82 Å². The maximum atomic E-state index is 13.4. The average molecular weight is 229 g/mol. The van der Waals surface area contributed by atoms with Gasteiger partial charge in [-0.1, -0.05) is 0 Å². The number of anilines is 1. The lowest BCUT2D eigenvalue weighted by molar-refractivity contribution is 0.438. The molecule has 0 spiro atoms. The lowest BCUT2D eigenvalue weighted by atomic mass is 9.98. The van der Waals surface area contributed by atoms with Crippen molar-refractivity contribution in [1.29, 1.82) is 0 Å². The van der Waals surface area contributed by atoms with Crippen LogP contribution in [0.5, 0.6) is 0 Å². The van der Waals surface area contributed by atoms with Crippen LogP contribution in [0, 0.1) is 11.7 Å². The predicted octanol–water partition coefficient (Wildman–Crippen LogP) is 2.68. The van der Waals surface area contributed by atoms with Crippen molar-refractivity contribution in [2.45, 2.75) is 12.8 Å². The normalized spacial score (nSPS) is 18.1. The monoisotopic (exact) mass is 228 g/mol. The molecule has 0 aliphatic carbocycles. The fraction of sp³-hybridized carbons (Fsp3) is 0.545. The molecule has 2 nitrogen and oxygen atoms in total. The molecule has 1 aliphatic rings. The van der Waals surface area contributed by atoms with E-state index in [9.17, 15) is 4.39 Å². The molecule has 1 aromatic rings. The van der Waals surface area contributed by atoms with Gasteiger partial charge in [-0.05, 0) is 24.8 Å². The second kappa shape index (κ2) is 4.79. The molecular formula is C11H14ClFN2. The van der Waals surface area contributed by atoms with Crippen LogP contribution in [-0.4, -0.2) is 24.0 Å². The molecular weight excluding hydrogens is 215 g/mol. The van der Waals surface area contributed by atoms with Crippen LogP contribution in [0.3, 0.4) is 0 Å². The van der Waals surface area contributed by atoms with E-state index in [1.54, 1.807) is 12.3 Å². The lowest BCUT2D eigenvalue weighted by Gasteiger charge is -2.32. The zero-order valence-corrected chi connectivity index (χ0v) is 9.25. The molecule has 0 aromatic carbocycles. The quantitative estimate of drug-likeness (QED) is 0.724. The zero-order valence-electron chi connectivity index (χ0n) is 8.50. The second-order valence-corrected chi connectivity index (χ2v) is 4.22. The van der Waals surface area contributed by atoms with Gasteiger partial charge < -0.3 is 4.90 Å². The fourth-order valence-corrected chi connectivity index (χ4v) is 2.26. The van der Waals surface area contributed by atoms with E-state index >= 15 is 0 Å².